The number of aromatic nitrogens is 2. The van der Waals surface area contributed by atoms with Crippen molar-refractivity contribution in [2.24, 2.45) is 5.73 Å². The summed E-state index contributed by atoms with van der Waals surface area (Å²) < 4.78 is 5.14. The summed E-state index contributed by atoms with van der Waals surface area (Å²) in [6.07, 6.45) is 0.739. The van der Waals surface area contributed by atoms with Crippen LogP contribution in [0.2, 0.25) is 0 Å². The van der Waals surface area contributed by atoms with Crippen LogP contribution < -0.4 is 11.1 Å². The minimum atomic E-state index is -0.221. The summed E-state index contributed by atoms with van der Waals surface area (Å²) in [6, 6.07) is 8.00. The molecular weight excluding hydrogens is 352 g/mol. The number of amides is 1. The predicted octanol–water partition coefficient (Wildman–Crippen LogP) is 3.49. The fraction of sp³-hybridized carbons (Fsp3) is 0.526. The summed E-state index contributed by atoms with van der Waals surface area (Å²) in [7, 11) is 0. The van der Waals surface area contributed by atoms with Gasteiger partial charge in [-0.2, -0.15) is 4.98 Å². The van der Waals surface area contributed by atoms with Crippen molar-refractivity contribution in [1.29, 1.82) is 0 Å². The van der Waals surface area contributed by atoms with Gasteiger partial charge >= 0.3 is 0 Å². The molecule has 0 aliphatic heterocycles. The molecule has 1 atom stereocenters. The lowest BCUT2D eigenvalue weighted by atomic mass is 9.99. The number of rotatable bonds is 8. The van der Waals surface area contributed by atoms with E-state index in [4.69, 9.17) is 10.3 Å². The Kier molecular flexibility index (Phi) is 8.75. The molecule has 6 nitrogen and oxygen atoms in total. The van der Waals surface area contributed by atoms with Crippen LogP contribution in [0.15, 0.2) is 28.8 Å². The second-order valence-corrected chi connectivity index (χ2v) is 6.93. The van der Waals surface area contributed by atoms with Crippen molar-refractivity contribution in [2.75, 3.05) is 6.54 Å². The van der Waals surface area contributed by atoms with Gasteiger partial charge in [0.05, 0.1) is 0 Å². The zero-order valence-electron chi connectivity index (χ0n) is 15.9. The van der Waals surface area contributed by atoms with Crippen LogP contribution in [0.25, 0.3) is 0 Å². The van der Waals surface area contributed by atoms with Crippen LogP contribution in [0.1, 0.15) is 74.8 Å². The van der Waals surface area contributed by atoms with Crippen molar-refractivity contribution in [3.63, 3.8) is 0 Å². The number of carbonyl (C=O) groups is 1. The third kappa shape index (κ3) is 6.42. The van der Waals surface area contributed by atoms with E-state index in [1.54, 1.807) is 0 Å². The first-order valence-electron chi connectivity index (χ1n) is 8.81. The van der Waals surface area contributed by atoms with Gasteiger partial charge in [-0.15, -0.1) is 12.4 Å². The standard InChI is InChI=1S/C19H28N4O2.ClH/c1-12(2)14-5-7-15(8-6-14)16(20)11-21-17(24)9-10-18-22-19(13(3)4)23-25-18;/h5-8,12-13,16H,9-11,20H2,1-4H3,(H,21,24);1H. The minimum Gasteiger partial charge on any atom is -0.354 e. The summed E-state index contributed by atoms with van der Waals surface area (Å²) in [5.41, 5.74) is 8.45. The van der Waals surface area contributed by atoms with Crippen LogP contribution in [0.3, 0.4) is 0 Å². The third-order valence-corrected chi connectivity index (χ3v) is 4.12. The first-order chi connectivity index (χ1) is 11.9. The summed E-state index contributed by atoms with van der Waals surface area (Å²) in [5.74, 6) is 1.80. The van der Waals surface area contributed by atoms with E-state index in [2.05, 4.69) is 41.4 Å². The molecule has 1 amide bonds. The number of nitrogens with one attached hydrogen (secondary N) is 1. The molecule has 0 saturated carbocycles. The predicted molar refractivity (Wildman–Crippen MR) is 104 cm³/mol. The van der Waals surface area contributed by atoms with Crippen LogP contribution in [-0.2, 0) is 11.2 Å². The van der Waals surface area contributed by atoms with Gasteiger partial charge in [-0.25, -0.2) is 0 Å². The average Bonchev–Trinajstić information content (AvgIpc) is 3.07. The Morgan fingerprint density at radius 2 is 1.73 bits per heavy atom. The quantitative estimate of drug-likeness (QED) is 0.731. The van der Waals surface area contributed by atoms with E-state index >= 15 is 0 Å². The fourth-order valence-electron chi connectivity index (χ4n) is 2.38. The summed E-state index contributed by atoms with van der Waals surface area (Å²) >= 11 is 0. The van der Waals surface area contributed by atoms with Gasteiger partial charge in [0.2, 0.25) is 11.8 Å². The molecule has 0 saturated heterocycles. The summed E-state index contributed by atoms with van der Waals surface area (Å²) in [6.45, 7) is 8.71. The highest BCUT2D eigenvalue weighted by Crippen LogP contribution is 2.17. The molecule has 2 rings (SSSR count). The molecule has 1 unspecified atom stereocenters. The lowest BCUT2D eigenvalue weighted by Crippen LogP contribution is -2.32. The molecule has 0 aliphatic rings. The van der Waals surface area contributed by atoms with Crippen molar-refractivity contribution in [1.82, 2.24) is 15.5 Å². The van der Waals surface area contributed by atoms with Gasteiger partial charge in [-0.3, -0.25) is 4.79 Å². The smallest absolute Gasteiger partial charge is 0.227 e. The maximum Gasteiger partial charge on any atom is 0.227 e. The molecule has 1 aromatic carbocycles. The average molecular weight is 381 g/mol. The van der Waals surface area contributed by atoms with Crippen molar-refractivity contribution in [2.45, 2.75) is 58.4 Å². The van der Waals surface area contributed by atoms with E-state index in [0.717, 1.165) is 5.56 Å². The highest BCUT2D eigenvalue weighted by atomic mass is 35.5. The largest absolute Gasteiger partial charge is 0.354 e. The molecule has 7 heteroatoms. The maximum atomic E-state index is 12.0. The van der Waals surface area contributed by atoms with Crippen LogP contribution in [0.4, 0.5) is 0 Å². The highest BCUT2D eigenvalue weighted by Gasteiger charge is 2.13. The van der Waals surface area contributed by atoms with Crippen molar-refractivity contribution >= 4 is 18.3 Å². The molecule has 0 radical (unpaired) electrons. The van der Waals surface area contributed by atoms with Crippen LogP contribution in [0.5, 0.6) is 0 Å². The summed E-state index contributed by atoms with van der Waals surface area (Å²) in [4.78, 5) is 16.2. The molecule has 0 aliphatic carbocycles. The van der Waals surface area contributed by atoms with E-state index in [9.17, 15) is 4.79 Å². The first kappa shape index (κ1) is 22.1. The molecule has 1 aromatic heterocycles. The topological polar surface area (TPSA) is 94.0 Å². The Labute approximate surface area is 161 Å². The first-order valence-corrected chi connectivity index (χ1v) is 8.81. The molecule has 1 heterocycles. The monoisotopic (exact) mass is 380 g/mol. The van der Waals surface area contributed by atoms with E-state index in [1.807, 2.05) is 26.0 Å². The van der Waals surface area contributed by atoms with E-state index in [1.165, 1.54) is 5.56 Å². The van der Waals surface area contributed by atoms with E-state index < -0.39 is 0 Å². The van der Waals surface area contributed by atoms with Crippen LogP contribution >= 0.6 is 12.4 Å². The third-order valence-electron chi connectivity index (χ3n) is 4.12. The van der Waals surface area contributed by atoms with Gasteiger partial charge in [0.1, 0.15) is 0 Å². The number of halogens is 1. The molecular formula is C19H29ClN4O2. The van der Waals surface area contributed by atoms with Gasteiger partial charge in [0, 0.05) is 31.3 Å². The zero-order valence-corrected chi connectivity index (χ0v) is 16.7. The number of nitrogens with zero attached hydrogens (tertiary/aromatic N) is 2. The normalized spacial score (nSPS) is 12.1. The second kappa shape index (κ2) is 10.3. The van der Waals surface area contributed by atoms with Crippen molar-refractivity contribution in [3.8, 4) is 0 Å². The van der Waals surface area contributed by atoms with Gasteiger partial charge in [-0.1, -0.05) is 57.1 Å². The molecule has 144 valence electrons. The van der Waals surface area contributed by atoms with E-state index in [0.29, 0.717) is 37.0 Å². The molecule has 0 bridgehead atoms. The van der Waals surface area contributed by atoms with Gasteiger partial charge < -0.3 is 15.6 Å². The van der Waals surface area contributed by atoms with Gasteiger partial charge in [0.15, 0.2) is 5.82 Å². The van der Waals surface area contributed by atoms with Gasteiger partial charge in [-0.05, 0) is 17.0 Å². The minimum absolute atomic E-state index is 0. The number of hydrogen-bond donors (Lipinski definition) is 2. The zero-order chi connectivity index (χ0) is 18.4. The lowest BCUT2D eigenvalue weighted by molar-refractivity contribution is -0.121. The van der Waals surface area contributed by atoms with Crippen LogP contribution in [0, 0.1) is 0 Å². The van der Waals surface area contributed by atoms with Gasteiger partial charge in [0.25, 0.3) is 0 Å². The van der Waals surface area contributed by atoms with Crippen molar-refractivity contribution < 1.29 is 9.32 Å². The molecule has 0 fully saturated rings. The number of carbonyl (C=O) groups excluding carboxylic acids is 1. The second-order valence-electron chi connectivity index (χ2n) is 6.93. The number of hydrogen-bond acceptors (Lipinski definition) is 5. The maximum absolute atomic E-state index is 12.0. The number of nitrogens with two attached hydrogens (primary N) is 1. The molecule has 26 heavy (non-hydrogen) atoms. The van der Waals surface area contributed by atoms with Crippen LogP contribution in [-0.4, -0.2) is 22.6 Å². The van der Waals surface area contributed by atoms with E-state index in [-0.39, 0.29) is 30.3 Å². The lowest BCUT2D eigenvalue weighted by Gasteiger charge is -2.14. The number of benzene rings is 1. The van der Waals surface area contributed by atoms with Crippen molar-refractivity contribution in [3.05, 3.63) is 47.1 Å². The number of aryl methyl sites for hydroxylation is 1. The Bertz CT molecular complexity index is 683. The highest BCUT2D eigenvalue weighted by molar-refractivity contribution is 5.85. The summed E-state index contributed by atoms with van der Waals surface area (Å²) in [5, 5.41) is 6.75. The Morgan fingerprint density at radius 1 is 1.12 bits per heavy atom. The molecule has 3 N–H and O–H groups in total. The SMILES string of the molecule is CC(C)c1ccc(C(N)CNC(=O)CCc2nc(C(C)C)no2)cc1.Cl. The Hall–Kier alpha value is -1.92. The molecule has 0 spiro atoms. The fourth-order valence-corrected chi connectivity index (χ4v) is 2.38. The Balaban J connectivity index is 0.00000338. The Morgan fingerprint density at radius 3 is 2.27 bits per heavy atom. The molecule has 2 aromatic rings.